The lowest BCUT2D eigenvalue weighted by Crippen LogP contribution is -2.50. The quantitative estimate of drug-likeness (QED) is 0.469. The van der Waals surface area contributed by atoms with Crippen LogP contribution in [0.4, 0.5) is 0 Å². The molecule has 0 N–H and O–H groups in total. The van der Waals surface area contributed by atoms with E-state index < -0.39 is 0 Å². The van der Waals surface area contributed by atoms with Gasteiger partial charge in [-0.1, -0.05) is 25.5 Å². The van der Waals surface area contributed by atoms with Crippen LogP contribution >= 0.6 is 0 Å². The second kappa shape index (κ2) is 4.62. The molecular weight excluding hydrogens is 268 g/mol. The van der Waals surface area contributed by atoms with E-state index in [0.29, 0.717) is 16.9 Å². The molecule has 0 aromatic heterocycles. The Balaban J connectivity index is 1.47. The lowest BCUT2D eigenvalue weighted by Gasteiger charge is -2.58. The fourth-order valence-electron chi connectivity index (χ4n) is 7.69. The first kappa shape index (κ1) is 14.1. The van der Waals surface area contributed by atoms with Crippen molar-refractivity contribution in [2.45, 2.75) is 77.7 Å². The molecule has 0 amide bonds. The fraction of sp³-hybridized carbons (Fsp3) is 0.905. The average molecular weight is 300 g/mol. The number of hydrogen-bond donors (Lipinski definition) is 0. The van der Waals surface area contributed by atoms with Crippen molar-refractivity contribution < 1.29 is 4.74 Å². The minimum atomic E-state index is 0.566. The lowest BCUT2D eigenvalue weighted by atomic mass is 9.47. The minimum absolute atomic E-state index is 0.566. The number of fused-ring (bicyclic) bond motifs is 5. The van der Waals surface area contributed by atoms with Crippen molar-refractivity contribution in [3.8, 4) is 0 Å². The molecule has 5 rings (SSSR count). The molecule has 22 heavy (non-hydrogen) atoms. The normalized spacial score (nSPS) is 56.6. The number of rotatable bonds is 1. The summed E-state index contributed by atoms with van der Waals surface area (Å²) >= 11 is 0. The zero-order chi connectivity index (χ0) is 14.9. The van der Waals surface area contributed by atoms with E-state index in [0.717, 1.165) is 30.3 Å². The summed E-state index contributed by atoms with van der Waals surface area (Å²) in [5.41, 5.74) is 3.02. The first-order valence-corrected chi connectivity index (χ1v) is 9.94. The molecule has 1 heterocycles. The molecule has 0 spiro atoms. The Labute approximate surface area is 135 Å². The maximum atomic E-state index is 5.74. The van der Waals surface area contributed by atoms with Gasteiger partial charge < -0.3 is 4.74 Å². The largest absolute Gasteiger partial charge is 0.373 e. The summed E-state index contributed by atoms with van der Waals surface area (Å²) in [6, 6.07) is 0. The Morgan fingerprint density at radius 1 is 1.00 bits per heavy atom. The van der Waals surface area contributed by atoms with Crippen LogP contribution in [0.2, 0.25) is 0 Å². The van der Waals surface area contributed by atoms with E-state index >= 15 is 0 Å². The summed E-state index contributed by atoms with van der Waals surface area (Å²) in [7, 11) is 0. The first-order chi connectivity index (χ1) is 10.6. The molecule has 1 saturated heterocycles. The van der Waals surface area contributed by atoms with Crippen LogP contribution in [0.5, 0.6) is 0 Å². The van der Waals surface area contributed by atoms with Gasteiger partial charge in [0.2, 0.25) is 0 Å². The van der Waals surface area contributed by atoms with Gasteiger partial charge in [0.15, 0.2) is 0 Å². The number of hydrogen-bond acceptors (Lipinski definition) is 1. The van der Waals surface area contributed by atoms with Gasteiger partial charge in [-0.15, -0.1) is 0 Å². The summed E-state index contributed by atoms with van der Waals surface area (Å²) in [6.07, 6.45) is 16.3. The summed E-state index contributed by atoms with van der Waals surface area (Å²) in [6.45, 7) is 6.33. The second-order valence-corrected chi connectivity index (χ2v) is 9.55. The minimum Gasteiger partial charge on any atom is -0.373 e. The molecule has 0 bridgehead atoms. The highest BCUT2D eigenvalue weighted by Crippen LogP contribution is 2.67. The van der Waals surface area contributed by atoms with E-state index in [2.05, 4.69) is 19.9 Å². The van der Waals surface area contributed by atoms with Gasteiger partial charge >= 0.3 is 0 Å². The first-order valence-electron chi connectivity index (χ1n) is 9.94. The number of ether oxygens (including phenoxy) is 1. The van der Waals surface area contributed by atoms with E-state index in [-0.39, 0.29) is 0 Å². The predicted molar refractivity (Wildman–Crippen MR) is 89.6 cm³/mol. The Morgan fingerprint density at radius 2 is 1.82 bits per heavy atom. The Kier molecular flexibility index (Phi) is 2.96. The fourth-order valence-corrected chi connectivity index (χ4v) is 7.69. The van der Waals surface area contributed by atoms with Gasteiger partial charge in [-0.2, -0.15) is 0 Å². The standard InChI is InChI=1S/C21H32O/c1-20-11-4-3-5-14(20)6-7-15-16-8-9-18(19-13-22-19)21(16,2)12-10-17(15)20/h5,15-19H,3-4,6-13H2,1-2H3/t15-,16-,17-,18+,19?,20-,21-/m0/s1. The summed E-state index contributed by atoms with van der Waals surface area (Å²) in [4.78, 5) is 0. The smallest absolute Gasteiger partial charge is 0.0843 e. The third kappa shape index (κ3) is 1.75. The van der Waals surface area contributed by atoms with Crippen LogP contribution in [0.1, 0.15) is 71.6 Å². The van der Waals surface area contributed by atoms with Crippen molar-refractivity contribution in [1.29, 1.82) is 0 Å². The molecule has 3 saturated carbocycles. The number of epoxide rings is 1. The molecule has 7 atom stereocenters. The molecule has 5 aliphatic rings. The molecule has 0 radical (unpaired) electrons. The summed E-state index contributed by atoms with van der Waals surface area (Å²) < 4.78 is 5.74. The third-order valence-corrected chi connectivity index (χ3v) is 8.91. The third-order valence-electron chi connectivity index (χ3n) is 8.91. The van der Waals surface area contributed by atoms with E-state index in [1.165, 1.54) is 57.8 Å². The highest BCUT2D eigenvalue weighted by Gasteiger charge is 2.61. The van der Waals surface area contributed by atoms with E-state index in [9.17, 15) is 0 Å². The van der Waals surface area contributed by atoms with Crippen LogP contribution in [0, 0.1) is 34.5 Å². The number of allylic oxidation sites excluding steroid dienone is 2. The summed E-state index contributed by atoms with van der Waals surface area (Å²) in [5.74, 6) is 3.89. The van der Waals surface area contributed by atoms with Gasteiger partial charge in [0.05, 0.1) is 12.7 Å². The zero-order valence-corrected chi connectivity index (χ0v) is 14.4. The zero-order valence-electron chi connectivity index (χ0n) is 14.4. The molecule has 1 nitrogen and oxygen atoms in total. The van der Waals surface area contributed by atoms with Gasteiger partial charge in [0, 0.05) is 0 Å². The predicted octanol–water partition coefficient (Wildman–Crippen LogP) is 5.35. The van der Waals surface area contributed by atoms with Crippen LogP contribution in [0.15, 0.2) is 11.6 Å². The van der Waals surface area contributed by atoms with Crippen LogP contribution in [-0.2, 0) is 4.74 Å². The molecule has 1 aliphatic heterocycles. The van der Waals surface area contributed by atoms with Gasteiger partial charge in [-0.05, 0) is 92.3 Å². The van der Waals surface area contributed by atoms with Crippen molar-refractivity contribution in [3.05, 3.63) is 11.6 Å². The maximum Gasteiger partial charge on any atom is 0.0843 e. The Bertz CT molecular complexity index is 504. The average Bonchev–Trinajstić information content (AvgIpc) is 3.28. The van der Waals surface area contributed by atoms with E-state index in [4.69, 9.17) is 4.74 Å². The van der Waals surface area contributed by atoms with Crippen molar-refractivity contribution in [2.75, 3.05) is 6.61 Å². The van der Waals surface area contributed by atoms with Crippen LogP contribution in [0.25, 0.3) is 0 Å². The molecule has 1 heteroatoms. The second-order valence-electron chi connectivity index (χ2n) is 9.55. The summed E-state index contributed by atoms with van der Waals surface area (Å²) in [5, 5.41) is 0. The van der Waals surface area contributed by atoms with Crippen LogP contribution < -0.4 is 0 Å². The molecule has 1 unspecified atom stereocenters. The molecule has 122 valence electrons. The molecule has 0 aromatic rings. The van der Waals surface area contributed by atoms with E-state index in [1.807, 2.05) is 5.57 Å². The lowest BCUT2D eigenvalue weighted by molar-refractivity contribution is -0.0544. The van der Waals surface area contributed by atoms with Gasteiger partial charge in [-0.3, -0.25) is 0 Å². The highest BCUT2D eigenvalue weighted by molar-refractivity contribution is 5.24. The Hall–Kier alpha value is -0.300. The monoisotopic (exact) mass is 300 g/mol. The molecule has 0 aromatic carbocycles. The Morgan fingerprint density at radius 3 is 2.64 bits per heavy atom. The van der Waals surface area contributed by atoms with Crippen LogP contribution in [-0.4, -0.2) is 12.7 Å². The van der Waals surface area contributed by atoms with Crippen molar-refractivity contribution in [3.63, 3.8) is 0 Å². The highest BCUT2D eigenvalue weighted by atomic mass is 16.6. The maximum absolute atomic E-state index is 5.74. The molecular formula is C21H32O. The van der Waals surface area contributed by atoms with Crippen molar-refractivity contribution in [1.82, 2.24) is 0 Å². The van der Waals surface area contributed by atoms with Crippen LogP contribution in [0.3, 0.4) is 0 Å². The van der Waals surface area contributed by atoms with E-state index in [1.54, 1.807) is 0 Å². The van der Waals surface area contributed by atoms with Gasteiger partial charge in [-0.25, -0.2) is 0 Å². The van der Waals surface area contributed by atoms with Gasteiger partial charge in [0.25, 0.3) is 0 Å². The van der Waals surface area contributed by atoms with Crippen molar-refractivity contribution in [2.24, 2.45) is 34.5 Å². The SMILES string of the molecule is C[C@]12CC[C@H]3[C@@H](CCC4=CCCC[C@@]43C)[C@@H]1CC[C@@H]2C1CO1. The topological polar surface area (TPSA) is 12.5 Å². The van der Waals surface area contributed by atoms with Gasteiger partial charge in [0.1, 0.15) is 0 Å². The van der Waals surface area contributed by atoms with Crippen molar-refractivity contribution >= 4 is 0 Å². The molecule has 4 fully saturated rings. The molecule has 4 aliphatic carbocycles.